The van der Waals surface area contributed by atoms with Crippen LogP contribution in [-0.4, -0.2) is 38.0 Å². The number of ether oxygens (including phenoxy) is 2. The van der Waals surface area contributed by atoms with Crippen molar-refractivity contribution in [3.8, 4) is 11.3 Å². The van der Waals surface area contributed by atoms with Gasteiger partial charge in [0.2, 0.25) is 0 Å². The number of esters is 2. The van der Waals surface area contributed by atoms with Crippen LogP contribution in [0.1, 0.15) is 31.7 Å². The fourth-order valence-corrected chi connectivity index (χ4v) is 2.52. The van der Waals surface area contributed by atoms with Crippen LogP contribution in [0.15, 0.2) is 28.7 Å². The molecule has 154 valence electrons. The van der Waals surface area contributed by atoms with Crippen LogP contribution in [0.3, 0.4) is 0 Å². The van der Waals surface area contributed by atoms with Gasteiger partial charge in [0, 0.05) is 31.7 Å². The Balaban J connectivity index is 2.06. The molecule has 1 aromatic carbocycles. The third kappa shape index (κ3) is 6.96. The summed E-state index contributed by atoms with van der Waals surface area (Å²) in [5.74, 6) is -0.913. The van der Waals surface area contributed by atoms with E-state index in [1.807, 2.05) is 0 Å². The molecule has 29 heavy (non-hydrogen) atoms. The summed E-state index contributed by atoms with van der Waals surface area (Å²) in [6, 6.07) is 4.42. The Bertz CT molecular complexity index is 831. The highest BCUT2D eigenvalue weighted by molar-refractivity contribution is 6.33. The molecule has 1 heterocycles. The van der Waals surface area contributed by atoms with Gasteiger partial charge in [-0.15, -0.1) is 0 Å². The van der Waals surface area contributed by atoms with Crippen LogP contribution in [0.4, 0.5) is 13.2 Å². The van der Waals surface area contributed by atoms with E-state index < -0.39 is 23.7 Å². The van der Waals surface area contributed by atoms with Crippen LogP contribution >= 0.6 is 0 Å². The van der Waals surface area contributed by atoms with E-state index in [-0.39, 0.29) is 36.4 Å². The van der Waals surface area contributed by atoms with Gasteiger partial charge in [0.05, 0.1) is 24.4 Å². The Labute approximate surface area is 166 Å². The van der Waals surface area contributed by atoms with Gasteiger partial charge in [-0.1, -0.05) is 12.1 Å². The van der Waals surface area contributed by atoms with Crippen molar-refractivity contribution in [1.29, 1.82) is 0 Å². The highest BCUT2D eigenvalue weighted by atomic mass is 19.4. The van der Waals surface area contributed by atoms with Crippen LogP contribution in [0, 0.1) is 5.92 Å². The number of hydrogen-bond acceptors (Lipinski definition) is 6. The van der Waals surface area contributed by atoms with Crippen LogP contribution in [-0.2, 0) is 31.7 Å². The van der Waals surface area contributed by atoms with E-state index in [9.17, 15) is 22.8 Å². The molecule has 2 radical (unpaired) electrons. The minimum absolute atomic E-state index is 0.0173. The molecule has 10 heteroatoms. The number of carbonyl (C=O) groups excluding carboxylic acids is 2. The van der Waals surface area contributed by atoms with Gasteiger partial charge in [0.1, 0.15) is 5.69 Å². The predicted octanol–water partition coefficient (Wildman–Crippen LogP) is 2.83. The summed E-state index contributed by atoms with van der Waals surface area (Å²) >= 11 is 0. The smallest absolute Gasteiger partial charge is 0.416 e. The lowest BCUT2D eigenvalue weighted by atomic mass is 9.98. The molecule has 0 amide bonds. The van der Waals surface area contributed by atoms with Gasteiger partial charge in [0.25, 0.3) is 0 Å². The fraction of sp³-hybridized carbons (Fsp3) is 0.421. The normalized spacial score (nSPS) is 11.5. The molecule has 2 aromatic rings. The molecule has 0 bridgehead atoms. The largest absolute Gasteiger partial charge is 0.465 e. The lowest BCUT2D eigenvalue weighted by molar-refractivity contribution is -0.146. The summed E-state index contributed by atoms with van der Waals surface area (Å²) in [5.41, 5.74) is -0.161. The molecule has 0 atom stereocenters. The van der Waals surface area contributed by atoms with Crippen molar-refractivity contribution in [2.45, 2.75) is 32.9 Å². The first-order valence-electron chi connectivity index (χ1n) is 8.75. The number of oxazole rings is 1. The van der Waals surface area contributed by atoms with Crippen molar-refractivity contribution in [1.82, 2.24) is 4.98 Å². The molecule has 0 aliphatic heterocycles. The second-order valence-electron chi connectivity index (χ2n) is 6.41. The maximum absolute atomic E-state index is 12.7. The van der Waals surface area contributed by atoms with Crippen molar-refractivity contribution < 1.29 is 36.7 Å². The Morgan fingerprint density at radius 3 is 2.14 bits per heavy atom. The average Bonchev–Trinajstić information content (AvgIpc) is 3.00. The van der Waals surface area contributed by atoms with Gasteiger partial charge >= 0.3 is 18.1 Å². The Kier molecular flexibility index (Phi) is 7.47. The fourth-order valence-electron chi connectivity index (χ4n) is 2.52. The highest BCUT2D eigenvalue weighted by Gasteiger charge is 2.30. The summed E-state index contributed by atoms with van der Waals surface area (Å²) in [5, 5.41) is 0. The second-order valence-corrected chi connectivity index (χ2v) is 6.41. The first kappa shape index (κ1) is 22.5. The van der Waals surface area contributed by atoms with E-state index in [0.717, 1.165) is 12.1 Å². The summed E-state index contributed by atoms with van der Waals surface area (Å²) in [6.07, 6.45) is -3.71. The highest BCUT2D eigenvalue weighted by Crippen LogP contribution is 2.30. The molecule has 0 aliphatic rings. The van der Waals surface area contributed by atoms with Crippen molar-refractivity contribution in [3.05, 3.63) is 35.7 Å². The van der Waals surface area contributed by atoms with E-state index in [0.29, 0.717) is 18.4 Å². The molecule has 0 N–H and O–H groups in total. The van der Waals surface area contributed by atoms with Gasteiger partial charge in [-0.2, -0.15) is 13.2 Å². The van der Waals surface area contributed by atoms with Crippen LogP contribution in [0.2, 0.25) is 0 Å². The van der Waals surface area contributed by atoms with Crippen molar-refractivity contribution in [2.24, 2.45) is 5.92 Å². The van der Waals surface area contributed by atoms with Crippen molar-refractivity contribution in [2.75, 3.05) is 13.2 Å². The Morgan fingerprint density at radius 1 is 1.10 bits per heavy atom. The molecular weight excluding hydrogens is 390 g/mol. The van der Waals surface area contributed by atoms with Crippen LogP contribution in [0.5, 0.6) is 0 Å². The summed E-state index contributed by atoms with van der Waals surface area (Å²) < 4.78 is 53.4. The van der Waals surface area contributed by atoms with Crippen molar-refractivity contribution in [3.63, 3.8) is 0 Å². The van der Waals surface area contributed by atoms with E-state index in [1.165, 1.54) is 26.0 Å². The molecular formula is C19H19BF3NO5. The third-order valence-electron chi connectivity index (χ3n) is 3.99. The molecule has 0 aliphatic carbocycles. The first-order chi connectivity index (χ1) is 13.6. The molecule has 0 fully saturated rings. The number of hydrogen-bond donors (Lipinski definition) is 0. The molecule has 2 rings (SSSR count). The monoisotopic (exact) mass is 409 g/mol. The minimum Gasteiger partial charge on any atom is -0.465 e. The number of nitrogens with zero attached hydrogens (tertiary/aromatic N) is 1. The zero-order chi connectivity index (χ0) is 21.6. The van der Waals surface area contributed by atoms with Gasteiger partial charge in [-0.25, -0.2) is 4.98 Å². The SMILES string of the molecule is [B]c1oc(CCC(COC(C)=O)COC(C)=O)nc1-c1ccc(C(F)(F)F)cc1. The zero-order valence-electron chi connectivity index (χ0n) is 15.9. The number of aromatic nitrogens is 1. The summed E-state index contributed by atoms with van der Waals surface area (Å²) in [7, 11) is 5.81. The van der Waals surface area contributed by atoms with Crippen LogP contribution in [0.25, 0.3) is 11.3 Å². The topological polar surface area (TPSA) is 78.6 Å². The Morgan fingerprint density at radius 2 is 1.66 bits per heavy atom. The summed E-state index contributed by atoms with van der Waals surface area (Å²) in [4.78, 5) is 26.3. The number of aryl methyl sites for hydroxylation is 1. The maximum Gasteiger partial charge on any atom is 0.416 e. The quantitative estimate of drug-likeness (QED) is 0.493. The average molecular weight is 409 g/mol. The lowest BCUT2D eigenvalue weighted by Crippen LogP contribution is -2.20. The number of carbonyl (C=O) groups is 2. The Hall–Kier alpha value is -2.78. The van der Waals surface area contributed by atoms with E-state index in [4.69, 9.17) is 21.7 Å². The standard InChI is InChI=1S/C19H19BF3NO5/c1-11(25)27-9-13(10-28-12(2)26)3-8-16-24-17(18(20)29-16)14-4-6-15(7-5-14)19(21,22)23/h4-7,13H,3,8-10H2,1-2H3. The van der Waals surface area contributed by atoms with Gasteiger partial charge in [-0.05, 0) is 18.6 Å². The number of halogens is 3. The van der Waals surface area contributed by atoms with E-state index >= 15 is 0 Å². The maximum atomic E-state index is 12.7. The van der Waals surface area contributed by atoms with E-state index in [1.54, 1.807) is 0 Å². The molecule has 0 spiro atoms. The third-order valence-corrected chi connectivity index (χ3v) is 3.99. The molecule has 6 nitrogen and oxygen atoms in total. The zero-order valence-corrected chi connectivity index (χ0v) is 15.9. The molecule has 0 unspecified atom stereocenters. The number of alkyl halides is 3. The first-order valence-corrected chi connectivity index (χ1v) is 8.75. The van der Waals surface area contributed by atoms with Crippen molar-refractivity contribution >= 4 is 25.4 Å². The predicted molar refractivity (Wildman–Crippen MR) is 97.4 cm³/mol. The minimum atomic E-state index is -4.43. The number of benzene rings is 1. The van der Waals surface area contributed by atoms with E-state index in [2.05, 4.69) is 4.98 Å². The summed E-state index contributed by atoms with van der Waals surface area (Å²) in [6.45, 7) is 2.66. The van der Waals surface area contributed by atoms with Crippen LogP contribution < -0.4 is 5.66 Å². The lowest BCUT2D eigenvalue weighted by Gasteiger charge is -2.15. The second kappa shape index (κ2) is 9.62. The van der Waals surface area contributed by atoms with Gasteiger partial charge in [-0.3, -0.25) is 9.59 Å². The molecule has 1 aromatic heterocycles. The molecule has 0 saturated carbocycles. The van der Waals surface area contributed by atoms with Gasteiger partial charge in [0.15, 0.2) is 13.7 Å². The molecule has 0 saturated heterocycles. The number of rotatable bonds is 8. The van der Waals surface area contributed by atoms with Gasteiger partial charge < -0.3 is 13.9 Å².